The number of amides is 1. The van der Waals surface area contributed by atoms with Crippen LogP contribution in [0.15, 0.2) is 42.7 Å². The van der Waals surface area contributed by atoms with E-state index in [0.29, 0.717) is 17.9 Å². The third-order valence-corrected chi connectivity index (χ3v) is 5.43. The Morgan fingerprint density at radius 2 is 1.93 bits per heavy atom. The van der Waals surface area contributed by atoms with Gasteiger partial charge in [0.15, 0.2) is 11.5 Å². The number of hydrogen-bond acceptors (Lipinski definition) is 5. The van der Waals surface area contributed by atoms with Crippen LogP contribution in [0.3, 0.4) is 0 Å². The normalized spacial score (nSPS) is 15.1. The molecule has 0 saturated carbocycles. The molecule has 2 aromatic rings. The lowest BCUT2D eigenvalue weighted by molar-refractivity contribution is -0.119. The molecule has 1 amide bonds. The van der Waals surface area contributed by atoms with E-state index in [0.717, 1.165) is 44.6 Å². The third kappa shape index (κ3) is 5.26. The van der Waals surface area contributed by atoms with E-state index in [1.54, 1.807) is 20.4 Å². The van der Waals surface area contributed by atoms with Crippen LogP contribution in [0, 0.1) is 0 Å². The molecule has 0 radical (unpaired) electrons. The Hall–Kier alpha value is -2.60. The Balaban J connectivity index is 1.74. The Morgan fingerprint density at radius 3 is 2.55 bits per heavy atom. The predicted molar refractivity (Wildman–Crippen MR) is 114 cm³/mol. The van der Waals surface area contributed by atoms with Gasteiger partial charge in [0.1, 0.15) is 0 Å². The number of anilines is 1. The highest BCUT2D eigenvalue weighted by atomic mass is 16.5. The van der Waals surface area contributed by atoms with E-state index in [9.17, 15) is 4.79 Å². The highest BCUT2D eigenvalue weighted by Crippen LogP contribution is 2.34. The number of likely N-dealkylation sites (tertiary alicyclic amines) is 1. The lowest BCUT2D eigenvalue weighted by Gasteiger charge is -2.39. The van der Waals surface area contributed by atoms with Gasteiger partial charge in [0.25, 0.3) is 0 Å². The zero-order valence-corrected chi connectivity index (χ0v) is 17.6. The maximum atomic E-state index is 13.0. The molecule has 0 unspecified atom stereocenters. The number of benzene rings is 1. The Labute approximate surface area is 173 Å². The molecular formula is C23H31N3O3. The van der Waals surface area contributed by atoms with Gasteiger partial charge in [-0.1, -0.05) is 13.0 Å². The number of rotatable bonds is 8. The minimum atomic E-state index is 0.172. The first kappa shape index (κ1) is 21.1. The number of methoxy groups -OCH3 is 2. The lowest BCUT2D eigenvalue weighted by atomic mass is 10.0. The summed E-state index contributed by atoms with van der Waals surface area (Å²) in [4.78, 5) is 21.6. The Kier molecular flexibility index (Phi) is 7.47. The summed E-state index contributed by atoms with van der Waals surface area (Å²) >= 11 is 0. The summed E-state index contributed by atoms with van der Waals surface area (Å²) in [5.41, 5.74) is 2.11. The number of nitrogens with zero attached hydrogens (tertiary/aromatic N) is 3. The summed E-state index contributed by atoms with van der Waals surface area (Å²) < 4.78 is 10.8. The van der Waals surface area contributed by atoms with Gasteiger partial charge in [-0.25, -0.2) is 0 Å². The van der Waals surface area contributed by atoms with Gasteiger partial charge in [-0.2, -0.15) is 0 Å². The van der Waals surface area contributed by atoms with Crippen molar-refractivity contribution in [2.75, 3.05) is 32.2 Å². The molecular weight excluding hydrogens is 366 g/mol. The van der Waals surface area contributed by atoms with Crippen molar-refractivity contribution >= 4 is 11.6 Å². The second-order valence-electron chi connectivity index (χ2n) is 7.42. The first-order chi connectivity index (χ1) is 14.2. The van der Waals surface area contributed by atoms with Gasteiger partial charge in [0, 0.05) is 56.2 Å². The van der Waals surface area contributed by atoms with Crippen molar-refractivity contribution in [2.45, 2.75) is 45.2 Å². The van der Waals surface area contributed by atoms with Crippen molar-refractivity contribution < 1.29 is 14.3 Å². The van der Waals surface area contributed by atoms with E-state index < -0.39 is 0 Å². The number of piperidine rings is 1. The number of hydrogen-bond donors (Lipinski definition) is 0. The van der Waals surface area contributed by atoms with Gasteiger partial charge in [0.05, 0.1) is 14.2 Å². The van der Waals surface area contributed by atoms with Crippen molar-refractivity contribution in [3.8, 4) is 11.5 Å². The number of aromatic nitrogens is 1. The molecule has 0 bridgehead atoms. The molecule has 6 nitrogen and oxygen atoms in total. The molecule has 1 aliphatic rings. The van der Waals surface area contributed by atoms with Crippen LogP contribution in [-0.4, -0.2) is 49.1 Å². The summed E-state index contributed by atoms with van der Waals surface area (Å²) in [5, 5.41) is 0. The number of carbonyl (C=O) groups is 1. The van der Waals surface area contributed by atoms with Crippen LogP contribution in [0.1, 0.15) is 38.2 Å². The van der Waals surface area contributed by atoms with Gasteiger partial charge in [-0.3, -0.25) is 14.7 Å². The fraction of sp³-hybridized carbons (Fsp3) is 0.478. The minimum Gasteiger partial charge on any atom is -0.493 e. The van der Waals surface area contributed by atoms with E-state index in [2.05, 4.69) is 16.0 Å². The van der Waals surface area contributed by atoms with Crippen molar-refractivity contribution in [3.05, 3.63) is 48.3 Å². The average molecular weight is 398 g/mol. The van der Waals surface area contributed by atoms with Crippen molar-refractivity contribution in [1.82, 2.24) is 9.88 Å². The van der Waals surface area contributed by atoms with E-state index >= 15 is 0 Å². The van der Waals surface area contributed by atoms with Crippen LogP contribution < -0.4 is 14.4 Å². The summed E-state index contributed by atoms with van der Waals surface area (Å²) in [6.07, 6.45) is 7.00. The van der Waals surface area contributed by atoms with E-state index in [1.807, 2.05) is 42.3 Å². The van der Waals surface area contributed by atoms with Crippen LogP contribution >= 0.6 is 0 Å². The van der Waals surface area contributed by atoms with Crippen LogP contribution in [0.5, 0.6) is 11.5 Å². The van der Waals surface area contributed by atoms with Crippen molar-refractivity contribution in [1.29, 1.82) is 0 Å². The van der Waals surface area contributed by atoms with Crippen molar-refractivity contribution in [3.63, 3.8) is 0 Å². The minimum absolute atomic E-state index is 0.172. The van der Waals surface area contributed by atoms with Crippen LogP contribution in [-0.2, 0) is 11.3 Å². The molecule has 0 aliphatic carbocycles. The average Bonchev–Trinajstić information content (AvgIpc) is 2.76. The molecule has 0 spiro atoms. The molecule has 1 aromatic carbocycles. The summed E-state index contributed by atoms with van der Waals surface area (Å²) in [7, 11) is 3.24. The summed E-state index contributed by atoms with van der Waals surface area (Å²) in [5.74, 6) is 1.49. The first-order valence-electron chi connectivity index (χ1n) is 10.3. The molecule has 0 atom stereocenters. The molecule has 1 fully saturated rings. The largest absolute Gasteiger partial charge is 0.493 e. The molecule has 6 heteroatoms. The maximum absolute atomic E-state index is 13.0. The maximum Gasteiger partial charge on any atom is 0.227 e. The molecule has 0 N–H and O–H groups in total. The smallest absolute Gasteiger partial charge is 0.227 e. The van der Waals surface area contributed by atoms with E-state index in [-0.39, 0.29) is 11.9 Å². The molecule has 29 heavy (non-hydrogen) atoms. The second-order valence-corrected chi connectivity index (χ2v) is 7.42. The molecule has 1 aromatic heterocycles. The second kappa shape index (κ2) is 10.3. The zero-order valence-electron chi connectivity index (χ0n) is 17.6. The van der Waals surface area contributed by atoms with Gasteiger partial charge < -0.3 is 14.4 Å². The van der Waals surface area contributed by atoms with Gasteiger partial charge in [0.2, 0.25) is 5.91 Å². The first-order valence-corrected chi connectivity index (χ1v) is 10.3. The summed E-state index contributed by atoms with van der Waals surface area (Å²) in [6.45, 7) is 4.87. The molecule has 1 saturated heterocycles. The molecule has 1 aliphatic heterocycles. The van der Waals surface area contributed by atoms with E-state index in [1.165, 1.54) is 5.56 Å². The number of carbonyl (C=O) groups excluding carboxylic acids is 1. The topological polar surface area (TPSA) is 54.9 Å². The number of ether oxygens (including phenoxy) is 2. The molecule has 3 rings (SSSR count). The highest BCUT2D eigenvalue weighted by molar-refractivity contribution is 5.94. The molecule has 2 heterocycles. The van der Waals surface area contributed by atoms with Gasteiger partial charge in [-0.15, -0.1) is 0 Å². The fourth-order valence-corrected chi connectivity index (χ4v) is 3.95. The SMILES string of the molecule is CCCC(=O)N(c1ccc(OC)c(OC)c1)C1CCN(Cc2cccnc2)CC1. The fourth-order valence-electron chi connectivity index (χ4n) is 3.95. The Bertz CT molecular complexity index is 789. The number of pyridine rings is 1. The van der Waals surface area contributed by atoms with Crippen LogP contribution in [0.4, 0.5) is 5.69 Å². The Morgan fingerprint density at radius 1 is 1.17 bits per heavy atom. The zero-order chi connectivity index (χ0) is 20.6. The summed E-state index contributed by atoms with van der Waals surface area (Å²) in [6, 6.07) is 10.0. The van der Waals surface area contributed by atoms with Gasteiger partial charge >= 0.3 is 0 Å². The molecule has 156 valence electrons. The van der Waals surface area contributed by atoms with Crippen molar-refractivity contribution in [2.24, 2.45) is 0 Å². The van der Waals surface area contributed by atoms with Gasteiger partial charge in [-0.05, 0) is 43.0 Å². The lowest BCUT2D eigenvalue weighted by Crippen LogP contribution is -2.47. The third-order valence-electron chi connectivity index (χ3n) is 5.43. The van der Waals surface area contributed by atoms with Crippen LogP contribution in [0.25, 0.3) is 0 Å². The van der Waals surface area contributed by atoms with E-state index in [4.69, 9.17) is 9.47 Å². The van der Waals surface area contributed by atoms with Crippen LogP contribution in [0.2, 0.25) is 0 Å². The standard InChI is InChI=1S/C23H31N3O3/c1-4-6-23(27)26(20-8-9-21(28-2)22(15-20)29-3)19-10-13-25(14-11-19)17-18-7-5-12-24-16-18/h5,7-9,12,15-16,19H,4,6,10-11,13-14,17H2,1-3H3. The predicted octanol–water partition coefficient (Wildman–Crippen LogP) is 3.90. The monoisotopic (exact) mass is 397 g/mol. The highest BCUT2D eigenvalue weighted by Gasteiger charge is 2.29. The quantitative estimate of drug-likeness (QED) is 0.676.